The molecule has 8 heteroatoms. The summed E-state index contributed by atoms with van der Waals surface area (Å²) < 4.78 is 19.8. The molecule has 1 aromatic rings. The van der Waals surface area contributed by atoms with Crippen molar-refractivity contribution in [2.75, 3.05) is 13.2 Å². The number of rotatable bonds is 10. The quantitative estimate of drug-likeness (QED) is 0.450. The molecule has 0 unspecified atom stereocenters. The Balaban J connectivity index is 1.94. The molecule has 2 atom stereocenters. The van der Waals surface area contributed by atoms with Gasteiger partial charge in [-0.2, -0.15) is 0 Å². The molecule has 28 heavy (non-hydrogen) atoms. The Hall–Kier alpha value is -2.12. The van der Waals surface area contributed by atoms with Crippen LogP contribution in [0.3, 0.4) is 0 Å². The van der Waals surface area contributed by atoms with Gasteiger partial charge in [-0.25, -0.2) is 9.18 Å². The Kier molecular flexibility index (Phi) is 8.73. The van der Waals surface area contributed by atoms with Crippen LogP contribution in [0.15, 0.2) is 30.9 Å². The second-order valence-corrected chi connectivity index (χ2v) is 7.09. The van der Waals surface area contributed by atoms with E-state index in [-0.39, 0.29) is 23.7 Å². The molecule has 1 aliphatic heterocycles. The number of hydrogen-bond donors (Lipinski definition) is 2. The van der Waals surface area contributed by atoms with Crippen LogP contribution in [0.25, 0.3) is 0 Å². The standard InChI is InChI=1S/C20H26ClFN2O4/c1-2-3-4-5-6-12-28-16-10-11-24(20(26)27)18(16)19(25)23-13-14-8-7-9-15(21)17(14)22/h2,7-9,16,18H,1,3-6,10-13H2,(H,23,25)(H,26,27)/t16-,18+/m1/s1. The van der Waals surface area contributed by atoms with Crippen molar-refractivity contribution in [1.82, 2.24) is 10.2 Å². The van der Waals surface area contributed by atoms with Crippen molar-refractivity contribution in [3.8, 4) is 0 Å². The SMILES string of the molecule is C=CCCCCCO[C@@H]1CCN(C(=O)O)[C@@H]1C(=O)NCc1cccc(Cl)c1F. The van der Waals surface area contributed by atoms with E-state index < -0.39 is 30.0 Å². The normalized spacial score (nSPS) is 18.9. The molecule has 1 aliphatic rings. The second-order valence-electron chi connectivity index (χ2n) is 6.69. The monoisotopic (exact) mass is 412 g/mol. The van der Waals surface area contributed by atoms with Crippen LogP contribution in [0, 0.1) is 5.82 Å². The van der Waals surface area contributed by atoms with E-state index in [9.17, 15) is 19.1 Å². The first-order valence-corrected chi connectivity index (χ1v) is 9.76. The van der Waals surface area contributed by atoms with Gasteiger partial charge < -0.3 is 15.2 Å². The molecule has 154 valence electrons. The lowest BCUT2D eigenvalue weighted by Gasteiger charge is -2.25. The van der Waals surface area contributed by atoms with Crippen molar-refractivity contribution in [2.45, 2.75) is 50.8 Å². The average Bonchev–Trinajstić information content (AvgIpc) is 3.10. The summed E-state index contributed by atoms with van der Waals surface area (Å²) in [5.74, 6) is -1.10. The molecular formula is C20H26ClFN2O4. The topological polar surface area (TPSA) is 78.9 Å². The molecule has 1 saturated heterocycles. The second kappa shape index (κ2) is 11.0. The number of carbonyl (C=O) groups is 2. The molecule has 1 aromatic carbocycles. The van der Waals surface area contributed by atoms with Gasteiger partial charge in [-0.1, -0.05) is 36.2 Å². The fourth-order valence-electron chi connectivity index (χ4n) is 3.24. The molecule has 0 spiro atoms. The lowest BCUT2D eigenvalue weighted by Crippen LogP contribution is -2.50. The van der Waals surface area contributed by atoms with Crippen LogP contribution in [-0.4, -0.2) is 47.3 Å². The summed E-state index contributed by atoms with van der Waals surface area (Å²) >= 11 is 5.75. The van der Waals surface area contributed by atoms with E-state index in [1.54, 1.807) is 6.07 Å². The van der Waals surface area contributed by atoms with Crippen LogP contribution in [0.2, 0.25) is 5.02 Å². The molecule has 6 nitrogen and oxygen atoms in total. The molecule has 1 heterocycles. The number of allylic oxidation sites excluding steroid dienone is 1. The third kappa shape index (κ3) is 5.94. The van der Waals surface area contributed by atoms with Crippen molar-refractivity contribution in [2.24, 2.45) is 0 Å². The van der Waals surface area contributed by atoms with Crippen LogP contribution in [0.1, 0.15) is 37.7 Å². The van der Waals surface area contributed by atoms with Crippen LogP contribution in [-0.2, 0) is 16.1 Å². The van der Waals surface area contributed by atoms with Crippen LogP contribution in [0.5, 0.6) is 0 Å². The molecular weight excluding hydrogens is 387 g/mol. The maximum Gasteiger partial charge on any atom is 0.408 e. The van der Waals surface area contributed by atoms with Crippen molar-refractivity contribution in [1.29, 1.82) is 0 Å². The summed E-state index contributed by atoms with van der Waals surface area (Å²) in [5.41, 5.74) is 0.236. The maximum absolute atomic E-state index is 14.0. The van der Waals surface area contributed by atoms with Crippen molar-refractivity contribution < 1.29 is 23.8 Å². The summed E-state index contributed by atoms with van der Waals surface area (Å²) in [6.45, 7) is 4.28. The van der Waals surface area contributed by atoms with E-state index >= 15 is 0 Å². The number of nitrogens with one attached hydrogen (secondary N) is 1. The minimum atomic E-state index is -1.17. The molecule has 1 fully saturated rings. The molecule has 0 aromatic heterocycles. The summed E-state index contributed by atoms with van der Waals surface area (Å²) in [6, 6.07) is 3.57. The Labute approximate surface area is 169 Å². The Morgan fingerprint density at radius 1 is 1.39 bits per heavy atom. The van der Waals surface area contributed by atoms with Gasteiger partial charge in [0.1, 0.15) is 11.9 Å². The third-order valence-corrected chi connectivity index (χ3v) is 5.02. The number of nitrogens with zero attached hydrogens (tertiary/aromatic N) is 1. The fraction of sp³-hybridized carbons (Fsp3) is 0.500. The van der Waals surface area contributed by atoms with E-state index in [1.807, 2.05) is 6.08 Å². The lowest BCUT2D eigenvalue weighted by atomic mass is 10.1. The van der Waals surface area contributed by atoms with E-state index in [0.29, 0.717) is 13.0 Å². The van der Waals surface area contributed by atoms with Gasteiger partial charge >= 0.3 is 6.09 Å². The molecule has 0 aliphatic carbocycles. The molecule has 2 N–H and O–H groups in total. The molecule has 0 radical (unpaired) electrons. The summed E-state index contributed by atoms with van der Waals surface area (Å²) in [6.07, 6.45) is 4.40. The highest BCUT2D eigenvalue weighted by Gasteiger charge is 2.42. The summed E-state index contributed by atoms with van der Waals surface area (Å²) in [5, 5.41) is 12.0. The largest absolute Gasteiger partial charge is 0.465 e. The predicted molar refractivity (Wildman–Crippen MR) is 105 cm³/mol. The number of carboxylic acid groups (broad SMARTS) is 1. The maximum atomic E-state index is 14.0. The van der Waals surface area contributed by atoms with Crippen molar-refractivity contribution in [3.63, 3.8) is 0 Å². The minimum Gasteiger partial charge on any atom is -0.465 e. The zero-order chi connectivity index (χ0) is 20.5. The van der Waals surface area contributed by atoms with E-state index in [2.05, 4.69) is 11.9 Å². The number of unbranched alkanes of at least 4 members (excludes halogenated alkanes) is 3. The minimum absolute atomic E-state index is 0.0301. The lowest BCUT2D eigenvalue weighted by molar-refractivity contribution is -0.129. The number of benzene rings is 1. The number of carbonyl (C=O) groups excluding carboxylic acids is 1. The highest BCUT2D eigenvalue weighted by molar-refractivity contribution is 6.30. The van der Waals surface area contributed by atoms with Gasteiger partial charge in [-0.15, -0.1) is 6.58 Å². The van der Waals surface area contributed by atoms with E-state index in [4.69, 9.17) is 16.3 Å². The van der Waals surface area contributed by atoms with Gasteiger partial charge in [0.05, 0.1) is 11.1 Å². The first-order valence-electron chi connectivity index (χ1n) is 9.38. The molecule has 0 saturated carbocycles. The summed E-state index contributed by atoms with van der Waals surface area (Å²) in [4.78, 5) is 25.2. The van der Waals surface area contributed by atoms with Gasteiger partial charge in [0, 0.05) is 25.3 Å². The number of ether oxygens (including phenoxy) is 1. The Morgan fingerprint density at radius 3 is 2.89 bits per heavy atom. The fourth-order valence-corrected chi connectivity index (χ4v) is 3.43. The first kappa shape index (κ1) is 22.2. The number of hydrogen-bond acceptors (Lipinski definition) is 3. The number of likely N-dealkylation sites (tertiary alicyclic amines) is 1. The van der Waals surface area contributed by atoms with Gasteiger partial charge in [0.15, 0.2) is 0 Å². The number of halogens is 2. The van der Waals surface area contributed by atoms with Crippen LogP contribution in [0.4, 0.5) is 9.18 Å². The van der Waals surface area contributed by atoms with Crippen LogP contribution >= 0.6 is 11.6 Å². The smallest absolute Gasteiger partial charge is 0.408 e. The van der Waals surface area contributed by atoms with E-state index in [1.165, 1.54) is 12.1 Å². The third-order valence-electron chi connectivity index (χ3n) is 4.73. The number of amides is 2. The van der Waals surface area contributed by atoms with Gasteiger partial charge in [-0.05, 0) is 31.7 Å². The highest BCUT2D eigenvalue weighted by atomic mass is 35.5. The summed E-state index contributed by atoms with van der Waals surface area (Å²) in [7, 11) is 0. The van der Waals surface area contributed by atoms with Crippen LogP contribution < -0.4 is 5.32 Å². The zero-order valence-electron chi connectivity index (χ0n) is 15.7. The Bertz CT molecular complexity index is 701. The van der Waals surface area contributed by atoms with Crippen molar-refractivity contribution >= 4 is 23.6 Å². The Morgan fingerprint density at radius 2 is 2.18 bits per heavy atom. The van der Waals surface area contributed by atoms with Gasteiger partial charge in [-0.3, -0.25) is 9.69 Å². The zero-order valence-corrected chi connectivity index (χ0v) is 16.5. The van der Waals surface area contributed by atoms with Gasteiger partial charge in [0.2, 0.25) is 5.91 Å². The average molecular weight is 413 g/mol. The van der Waals surface area contributed by atoms with E-state index in [0.717, 1.165) is 30.6 Å². The first-order chi connectivity index (χ1) is 13.5. The molecule has 2 rings (SSSR count). The van der Waals surface area contributed by atoms with Gasteiger partial charge in [0.25, 0.3) is 0 Å². The highest BCUT2D eigenvalue weighted by Crippen LogP contribution is 2.23. The van der Waals surface area contributed by atoms with Crippen molar-refractivity contribution in [3.05, 3.63) is 47.3 Å². The molecule has 0 bridgehead atoms. The predicted octanol–water partition coefficient (Wildman–Crippen LogP) is 3.98. The molecule has 2 amide bonds.